The summed E-state index contributed by atoms with van der Waals surface area (Å²) in [6, 6.07) is 11.0. The minimum atomic E-state index is -1.52. The molecule has 0 radical (unpaired) electrons. The first-order valence-electron chi connectivity index (χ1n) is 37.9. The van der Waals surface area contributed by atoms with Crippen molar-refractivity contribution in [3.8, 4) is 23.0 Å². The lowest BCUT2D eigenvalue weighted by Gasteiger charge is -2.31. The maximum atomic E-state index is 14.3. The van der Waals surface area contributed by atoms with Crippen molar-refractivity contribution in [2.24, 2.45) is 16.8 Å². The number of ether oxygens (including phenoxy) is 13. The number of benzene rings is 3. The first-order chi connectivity index (χ1) is 53.2. The van der Waals surface area contributed by atoms with Crippen LogP contribution in [0, 0.1) is 11.8 Å². The molecule has 1 saturated heterocycles. The maximum Gasteiger partial charge on any atom is 0.416 e. The molecule has 0 saturated carbocycles. The fourth-order valence-corrected chi connectivity index (χ4v) is 13.6. The number of anilines is 2. The number of nitrogens with zero attached hydrogens (tertiary/aromatic N) is 5. The molecule has 111 heavy (non-hydrogen) atoms. The lowest BCUT2D eigenvalue weighted by Crippen LogP contribution is -2.50. The van der Waals surface area contributed by atoms with E-state index in [9.17, 15) is 48.3 Å². The fourth-order valence-electron chi connectivity index (χ4n) is 12.7. The molecule has 3 N–H and O–H groups in total. The summed E-state index contributed by atoms with van der Waals surface area (Å²) in [6.45, 7) is 17.3. The van der Waals surface area contributed by atoms with Gasteiger partial charge in [0.25, 0.3) is 11.8 Å². The Morgan fingerprint density at radius 2 is 1.14 bits per heavy atom. The minimum absolute atomic E-state index is 0. The van der Waals surface area contributed by atoms with Crippen LogP contribution in [0.1, 0.15) is 146 Å². The third kappa shape index (κ3) is 27.5. The van der Waals surface area contributed by atoms with Gasteiger partial charge in [0, 0.05) is 87.6 Å². The van der Waals surface area contributed by atoms with Gasteiger partial charge in [-0.2, -0.15) is 0 Å². The average Bonchev–Trinajstić information content (AvgIpc) is 1.64. The van der Waals surface area contributed by atoms with Gasteiger partial charge in [0.05, 0.1) is 166 Å². The maximum absolute atomic E-state index is 14.3. The zero-order valence-electron chi connectivity index (χ0n) is 64.6. The van der Waals surface area contributed by atoms with Crippen LogP contribution in [0.2, 0.25) is 0 Å². The number of fused-ring (bicyclic) bond motifs is 4. The Kier molecular flexibility index (Phi) is 38.2. The normalized spacial score (nSPS) is 17.6. The molecule has 1 fully saturated rings. The molecule has 7 amide bonds. The monoisotopic (exact) mass is 1570 g/mol. The van der Waals surface area contributed by atoms with Crippen molar-refractivity contribution >= 4 is 88.1 Å². The van der Waals surface area contributed by atoms with Gasteiger partial charge in [-0.1, -0.05) is 51.5 Å². The summed E-state index contributed by atoms with van der Waals surface area (Å²) in [6.07, 6.45) is 7.14. The van der Waals surface area contributed by atoms with E-state index < -0.39 is 48.0 Å². The van der Waals surface area contributed by atoms with Crippen molar-refractivity contribution < 1.29 is 110 Å². The number of likely N-dealkylation sites (tertiary alicyclic amines) is 1. The summed E-state index contributed by atoms with van der Waals surface area (Å²) < 4.78 is 73.9. The number of nitrogens with one attached hydrogen (secondary N) is 2. The number of carbonyl (C=O) groups is 9. The minimum Gasteiger partial charge on any atom is -0.493 e. The molecule has 8 rings (SSSR count). The smallest absolute Gasteiger partial charge is 0.416 e. The molecule has 5 aliphatic rings. The summed E-state index contributed by atoms with van der Waals surface area (Å²) in [7, 11) is 2.97. The van der Waals surface area contributed by atoms with E-state index >= 15 is 0 Å². The van der Waals surface area contributed by atoms with E-state index in [-0.39, 0.29) is 135 Å². The van der Waals surface area contributed by atoms with Crippen LogP contribution >= 0.6 is 11.8 Å². The molecule has 3 aromatic rings. The van der Waals surface area contributed by atoms with Gasteiger partial charge in [-0.25, -0.2) is 9.69 Å². The fraction of sp³-hybridized carbons (Fsp3) is 0.600. The Bertz CT molecular complexity index is 3670. The zero-order chi connectivity index (χ0) is 78.9. The summed E-state index contributed by atoms with van der Waals surface area (Å²) in [4.78, 5) is 129. The Morgan fingerprint density at radius 3 is 1.71 bits per heavy atom. The van der Waals surface area contributed by atoms with E-state index in [0.717, 1.165) is 28.2 Å². The number of thioether (sulfide) groups is 1. The topological polar surface area (TPSA) is 343 Å². The van der Waals surface area contributed by atoms with Gasteiger partial charge in [0.1, 0.15) is 24.2 Å². The molecule has 30 nitrogen and oxygen atoms in total. The van der Waals surface area contributed by atoms with E-state index in [0.29, 0.717) is 172 Å². The average molecular weight is 1570 g/mol. The number of amides is 7. The third-order valence-electron chi connectivity index (χ3n) is 18.7. The number of carbonyl (C=O) groups excluding carboxylic acids is 9. The highest BCUT2D eigenvalue weighted by Crippen LogP contribution is 2.43. The molecular formula is C80H113N7O23S. The summed E-state index contributed by atoms with van der Waals surface area (Å²) >= 11 is 1.46. The van der Waals surface area contributed by atoms with Crippen molar-refractivity contribution in [1.82, 2.24) is 20.0 Å². The number of aliphatic hydroxyl groups is 1. The van der Waals surface area contributed by atoms with E-state index in [1.165, 1.54) is 47.9 Å². The molecule has 612 valence electrons. The van der Waals surface area contributed by atoms with E-state index in [2.05, 4.69) is 15.6 Å². The van der Waals surface area contributed by atoms with Crippen LogP contribution < -0.4 is 34.5 Å². The standard InChI is InChI=1S/C79H109N7O23S.CH4/c1-9-110-71-47-72(89)83(78(71)95)21-19-59(87)14-13-22-99-26-28-101-30-32-103-34-36-105-38-39-106-37-35-104-33-31-102-29-27-100-25-20-60(88)42-61(52(2)3)74(91)81-55(6)73(90)82-57-17-15-56(16-18-57)51-109-79(96)86-65-46-70(68(98-8)44-63(65)76(93)85-50-54(5)41-66(85)77(86)94)108-24-12-10-11-23-107-69-45-64-62(43-67(69)97-7)75(92)84-49-53(4)40-58(84)48-80-64;/h15-18,43-46,48-50,52,55,58,61,66,71,77,94H,9-14,19-42,47,51H2,1-8H3,(H,81,91)(H,82,90);1H4/t55-,58-,61-,66-,71?,77-;/m0./s1. The molecule has 3 aromatic carbocycles. The van der Waals surface area contributed by atoms with Crippen molar-refractivity contribution in [3.63, 3.8) is 0 Å². The van der Waals surface area contributed by atoms with Crippen molar-refractivity contribution in [2.75, 3.05) is 156 Å². The molecule has 0 spiro atoms. The molecule has 1 unspecified atom stereocenters. The van der Waals surface area contributed by atoms with Crippen LogP contribution in [-0.4, -0.2) is 254 Å². The number of Topliss-reactive ketones (excluding diaryl/α,β-unsaturated/α-hetero) is 2. The number of methoxy groups -OCH3 is 2. The summed E-state index contributed by atoms with van der Waals surface area (Å²) in [5.41, 5.74) is 3.96. The van der Waals surface area contributed by atoms with Crippen LogP contribution in [0.15, 0.2) is 77.1 Å². The van der Waals surface area contributed by atoms with Crippen LogP contribution in [-0.2, 0) is 78.0 Å². The van der Waals surface area contributed by atoms with Gasteiger partial charge < -0.3 is 87.1 Å². The molecule has 0 aromatic heterocycles. The molecule has 0 aliphatic carbocycles. The Morgan fingerprint density at radius 1 is 0.595 bits per heavy atom. The molecule has 31 heteroatoms. The number of ketones is 2. The van der Waals surface area contributed by atoms with Crippen molar-refractivity contribution in [1.29, 1.82) is 0 Å². The van der Waals surface area contributed by atoms with Crippen LogP contribution in [0.5, 0.6) is 23.0 Å². The Labute approximate surface area is 655 Å². The Hall–Kier alpha value is -8.37. The van der Waals surface area contributed by atoms with Crippen LogP contribution in [0.3, 0.4) is 0 Å². The van der Waals surface area contributed by atoms with E-state index in [1.54, 1.807) is 60.6 Å². The quantitative estimate of drug-likeness (QED) is 0.0350. The van der Waals surface area contributed by atoms with Crippen LogP contribution in [0.4, 0.5) is 21.9 Å². The molecular weight excluding hydrogens is 1460 g/mol. The van der Waals surface area contributed by atoms with Crippen molar-refractivity contribution in [3.05, 3.63) is 88.8 Å². The molecule has 0 bridgehead atoms. The van der Waals surface area contributed by atoms with E-state index in [1.807, 2.05) is 40.8 Å². The number of hydrogen-bond donors (Lipinski definition) is 3. The number of imide groups is 1. The van der Waals surface area contributed by atoms with Gasteiger partial charge in [-0.3, -0.25) is 48.2 Å². The number of rotatable bonds is 52. The summed E-state index contributed by atoms with van der Waals surface area (Å²) in [5.74, 6) is -0.865. The highest BCUT2D eigenvalue weighted by Gasteiger charge is 2.46. The highest BCUT2D eigenvalue weighted by molar-refractivity contribution is 8.00. The number of aliphatic hydroxyl groups excluding tert-OH is 1. The lowest BCUT2D eigenvalue weighted by atomic mass is 9.89. The SMILES string of the molecule is C.CCSC1CC(=O)N(CCC(=O)CCCOCCOCCOCCOCCOCCOCCOCCOCCC(=O)C[C@H](C(=O)N[C@@H](C)C(=O)Nc2ccc(COC(=O)N3c4cc(OCCCCCOc5cc6c(cc5OC)C(=O)N5C=C(C)C[C@H]5C=N6)c(OC)cc4C(=O)N4C=C(C)C[C@H]4[C@@H]3O)cc2)C(C)C)C1=O. The second-order valence-electron chi connectivity index (χ2n) is 27.4. The van der Waals surface area contributed by atoms with Gasteiger partial charge in [-0.15, -0.1) is 11.8 Å². The second-order valence-corrected chi connectivity index (χ2v) is 28.9. The van der Waals surface area contributed by atoms with Gasteiger partial charge >= 0.3 is 6.09 Å². The summed E-state index contributed by atoms with van der Waals surface area (Å²) in [5, 5.41) is 17.2. The largest absolute Gasteiger partial charge is 0.493 e. The predicted octanol–water partition coefficient (Wildman–Crippen LogP) is 9.21. The van der Waals surface area contributed by atoms with Crippen LogP contribution in [0.25, 0.3) is 0 Å². The van der Waals surface area contributed by atoms with Gasteiger partial charge in [0.15, 0.2) is 29.2 Å². The first kappa shape index (κ1) is 89.8. The second kappa shape index (κ2) is 47.2. The molecule has 5 heterocycles. The van der Waals surface area contributed by atoms with E-state index in [4.69, 9.17) is 61.6 Å². The number of hydrogen-bond acceptors (Lipinski definition) is 25. The van der Waals surface area contributed by atoms with Crippen molar-refractivity contribution in [2.45, 2.75) is 156 Å². The molecule has 6 atom stereocenters. The predicted molar refractivity (Wildman–Crippen MR) is 415 cm³/mol. The first-order valence-corrected chi connectivity index (χ1v) is 38.9. The van der Waals surface area contributed by atoms with Gasteiger partial charge in [0.2, 0.25) is 23.6 Å². The Balaban J connectivity index is 0.0000171. The molecule has 5 aliphatic heterocycles. The van der Waals surface area contributed by atoms with Gasteiger partial charge in [-0.05, 0) is 101 Å². The lowest BCUT2D eigenvalue weighted by molar-refractivity contribution is -0.138. The number of unbranched alkanes of at least 4 members (excludes halogenated alkanes) is 2. The third-order valence-corrected chi connectivity index (χ3v) is 19.8. The highest BCUT2D eigenvalue weighted by atomic mass is 32.2. The number of aliphatic imine (C=N–C) groups is 1. The zero-order valence-corrected chi connectivity index (χ0v) is 65.4.